The molecule has 0 aliphatic carbocycles. The largest absolute Gasteiger partial charge is 0.484 e. The lowest BCUT2D eigenvalue weighted by molar-refractivity contribution is -0.147. The number of nitrogens with zero attached hydrogens (tertiary/aromatic N) is 2. The number of carbonyl (C=O) groups excluding carboxylic acids is 1. The van der Waals surface area contributed by atoms with E-state index < -0.39 is 36.9 Å². The molecule has 142 valence electrons. The maximum absolute atomic E-state index is 12.5. The molecule has 0 saturated carbocycles. The highest BCUT2D eigenvalue weighted by Gasteiger charge is 2.23. The van der Waals surface area contributed by atoms with Crippen molar-refractivity contribution in [3.8, 4) is 5.75 Å². The van der Waals surface area contributed by atoms with Gasteiger partial charge in [0, 0.05) is 13.0 Å². The van der Waals surface area contributed by atoms with Crippen molar-refractivity contribution >= 4 is 28.7 Å². The number of hydrogen-bond acceptors (Lipinski definition) is 6. The fourth-order valence-corrected chi connectivity index (χ4v) is 2.91. The third kappa shape index (κ3) is 4.05. The highest BCUT2D eigenvalue weighted by molar-refractivity contribution is 5.87. The Bertz CT molecular complexity index is 982. The first-order valence-corrected chi connectivity index (χ1v) is 8.25. The summed E-state index contributed by atoms with van der Waals surface area (Å²) in [6.45, 7) is 0.0966. The summed E-state index contributed by atoms with van der Waals surface area (Å²) >= 11 is 0. The number of amides is 1. The van der Waals surface area contributed by atoms with Crippen LogP contribution in [0.15, 0.2) is 23.0 Å². The number of aromatic nitrogens is 2. The molecule has 1 aromatic heterocycles. The molecule has 27 heavy (non-hydrogen) atoms. The van der Waals surface area contributed by atoms with Crippen molar-refractivity contribution in [3.63, 3.8) is 0 Å². The number of carbonyl (C=O) groups is 3. The Labute approximate surface area is 152 Å². The number of fused-ring (bicyclic) bond motifs is 2. The molecular formula is C17H17N3O7. The van der Waals surface area contributed by atoms with Crippen molar-refractivity contribution in [3.05, 3.63) is 34.4 Å². The van der Waals surface area contributed by atoms with E-state index in [2.05, 4.69) is 10.3 Å². The first-order valence-electron chi connectivity index (χ1n) is 8.25. The molecule has 0 fully saturated rings. The van der Waals surface area contributed by atoms with Crippen molar-refractivity contribution in [2.24, 2.45) is 0 Å². The number of carboxylic acids is 2. The third-order valence-corrected chi connectivity index (χ3v) is 4.17. The monoisotopic (exact) mass is 375 g/mol. The Hall–Kier alpha value is -3.43. The van der Waals surface area contributed by atoms with E-state index in [4.69, 9.17) is 14.9 Å². The molecule has 0 bridgehead atoms. The minimum Gasteiger partial charge on any atom is -0.484 e. The number of rotatable bonds is 7. The van der Waals surface area contributed by atoms with Crippen LogP contribution in [0.2, 0.25) is 0 Å². The molecule has 1 aliphatic rings. The predicted octanol–water partition coefficient (Wildman–Crippen LogP) is -0.234. The number of aliphatic carboxylic acids is 2. The summed E-state index contributed by atoms with van der Waals surface area (Å²) < 4.78 is 6.92. The highest BCUT2D eigenvalue weighted by atomic mass is 16.5. The lowest BCUT2D eigenvalue weighted by Gasteiger charge is -2.13. The van der Waals surface area contributed by atoms with E-state index in [1.54, 1.807) is 16.7 Å². The Morgan fingerprint density at radius 2 is 2.07 bits per heavy atom. The zero-order valence-electron chi connectivity index (χ0n) is 14.2. The van der Waals surface area contributed by atoms with E-state index in [-0.39, 0.29) is 11.3 Å². The van der Waals surface area contributed by atoms with Crippen LogP contribution in [0.3, 0.4) is 0 Å². The summed E-state index contributed by atoms with van der Waals surface area (Å²) in [6.07, 6.45) is 0.873. The number of carboxylic acid groups (broad SMARTS) is 2. The minimum absolute atomic E-state index is 0.171. The summed E-state index contributed by atoms with van der Waals surface area (Å²) in [5.74, 6) is -2.59. The number of ether oxygens (including phenoxy) is 1. The molecule has 10 nitrogen and oxygen atoms in total. The van der Waals surface area contributed by atoms with Gasteiger partial charge in [0.15, 0.2) is 6.61 Å². The molecule has 2 aromatic rings. The van der Waals surface area contributed by atoms with E-state index in [0.29, 0.717) is 17.4 Å². The van der Waals surface area contributed by atoms with Crippen LogP contribution < -0.4 is 15.6 Å². The second kappa shape index (κ2) is 7.44. The van der Waals surface area contributed by atoms with Crippen LogP contribution >= 0.6 is 0 Å². The van der Waals surface area contributed by atoms with Crippen LogP contribution in [0.1, 0.15) is 18.7 Å². The summed E-state index contributed by atoms with van der Waals surface area (Å²) in [7, 11) is 0. The predicted molar refractivity (Wildman–Crippen MR) is 91.6 cm³/mol. The average Bonchev–Trinajstić information content (AvgIpc) is 3.08. The van der Waals surface area contributed by atoms with Gasteiger partial charge < -0.3 is 20.3 Å². The number of benzene rings is 1. The maximum Gasteiger partial charge on any atom is 0.326 e. The Kier molecular flexibility index (Phi) is 5.06. The second-order valence-electron chi connectivity index (χ2n) is 6.11. The molecule has 0 spiro atoms. The summed E-state index contributed by atoms with van der Waals surface area (Å²) in [4.78, 5) is 50.4. The van der Waals surface area contributed by atoms with E-state index in [1.165, 1.54) is 6.07 Å². The normalized spacial score (nSPS) is 13.8. The quantitative estimate of drug-likeness (QED) is 0.601. The molecule has 3 rings (SSSR count). The molecule has 1 aliphatic heterocycles. The zero-order chi connectivity index (χ0) is 19.6. The van der Waals surface area contributed by atoms with Crippen molar-refractivity contribution in [1.29, 1.82) is 0 Å². The fourth-order valence-electron chi connectivity index (χ4n) is 2.91. The van der Waals surface area contributed by atoms with Crippen LogP contribution in [-0.4, -0.2) is 50.3 Å². The van der Waals surface area contributed by atoms with Gasteiger partial charge >= 0.3 is 11.9 Å². The van der Waals surface area contributed by atoms with Gasteiger partial charge in [-0.05, 0) is 24.6 Å². The molecule has 10 heteroatoms. The molecule has 1 atom stereocenters. The molecule has 1 amide bonds. The highest BCUT2D eigenvalue weighted by Crippen LogP contribution is 2.19. The van der Waals surface area contributed by atoms with Gasteiger partial charge in [-0.25, -0.2) is 9.78 Å². The van der Waals surface area contributed by atoms with E-state index in [0.717, 1.165) is 18.7 Å². The molecule has 0 radical (unpaired) electrons. The van der Waals surface area contributed by atoms with Gasteiger partial charge in [-0.3, -0.25) is 19.0 Å². The third-order valence-electron chi connectivity index (χ3n) is 4.17. The fraction of sp³-hybridized carbons (Fsp3) is 0.353. The van der Waals surface area contributed by atoms with Gasteiger partial charge in [-0.2, -0.15) is 0 Å². The van der Waals surface area contributed by atoms with Crippen LogP contribution in [0.25, 0.3) is 10.9 Å². The minimum atomic E-state index is -1.55. The van der Waals surface area contributed by atoms with Gasteiger partial charge in [0.05, 0.1) is 17.3 Å². The van der Waals surface area contributed by atoms with E-state index >= 15 is 0 Å². The first kappa shape index (κ1) is 18.4. The SMILES string of the molecule is O=C(O)C[C@@H](NC(=O)COc1ccc2nc3n(c(=O)c2c1)CCC3)C(=O)O. The van der Waals surface area contributed by atoms with E-state index in [9.17, 15) is 19.2 Å². The van der Waals surface area contributed by atoms with Crippen molar-refractivity contribution in [1.82, 2.24) is 14.9 Å². The number of nitrogens with one attached hydrogen (secondary N) is 1. The van der Waals surface area contributed by atoms with Crippen LogP contribution in [0.4, 0.5) is 0 Å². The topological polar surface area (TPSA) is 148 Å². The van der Waals surface area contributed by atoms with Gasteiger partial charge in [-0.1, -0.05) is 0 Å². The van der Waals surface area contributed by atoms with Crippen LogP contribution in [-0.2, 0) is 27.3 Å². The number of aryl methyl sites for hydroxylation is 1. The Balaban J connectivity index is 1.70. The standard InChI is InChI=1S/C17H17N3O7/c21-14(19-12(17(25)26)7-15(22)23)8-27-9-3-4-11-10(6-9)16(24)20-5-1-2-13(20)18-11/h3-4,6,12H,1-2,5,7-8H2,(H,19,21)(H,22,23)(H,25,26)/t12-/m1/s1. The molecule has 3 N–H and O–H groups in total. The average molecular weight is 375 g/mol. The van der Waals surface area contributed by atoms with Crippen LogP contribution in [0.5, 0.6) is 5.75 Å². The zero-order valence-corrected chi connectivity index (χ0v) is 14.2. The van der Waals surface area contributed by atoms with Crippen molar-refractivity contribution in [2.45, 2.75) is 31.8 Å². The van der Waals surface area contributed by atoms with Crippen molar-refractivity contribution < 1.29 is 29.3 Å². The number of hydrogen-bond donors (Lipinski definition) is 3. The van der Waals surface area contributed by atoms with E-state index in [1.807, 2.05) is 0 Å². The summed E-state index contributed by atoms with van der Waals surface area (Å²) in [5, 5.41) is 20.0. The first-order chi connectivity index (χ1) is 12.8. The Morgan fingerprint density at radius 3 is 2.78 bits per heavy atom. The lowest BCUT2D eigenvalue weighted by Crippen LogP contribution is -2.44. The van der Waals surface area contributed by atoms with Gasteiger partial charge in [-0.15, -0.1) is 0 Å². The summed E-state index contributed by atoms with van der Waals surface area (Å²) in [6, 6.07) is 3.11. The molecule has 2 heterocycles. The van der Waals surface area contributed by atoms with Gasteiger partial charge in [0.25, 0.3) is 11.5 Å². The van der Waals surface area contributed by atoms with Crippen molar-refractivity contribution in [2.75, 3.05) is 6.61 Å². The Morgan fingerprint density at radius 1 is 1.30 bits per heavy atom. The summed E-state index contributed by atoms with van der Waals surface area (Å²) in [5.41, 5.74) is 0.368. The molecule has 1 aromatic carbocycles. The van der Waals surface area contributed by atoms with Gasteiger partial charge in [0.2, 0.25) is 0 Å². The molecule has 0 saturated heterocycles. The van der Waals surface area contributed by atoms with Crippen LogP contribution in [0, 0.1) is 0 Å². The smallest absolute Gasteiger partial charge is 0.326 e. The maximum atomic E-state index is 12.5. The molecular weight excluding hydrogens is 358 g/mol. The van der Waals surface area contributed by atoms with Gasteiger partial charge in [0.1, 0.15) is 17.6 Å². The second-order valence-corrected chi connectivity index (χ2v) is 6.11. The lowest BCUT2D eigenvalue weighted by atomic mass is 10.2. The molecule has 0 unspecified atom stereocenters.